The second-order valence-electron chi connectivity index (χ2n) is 10.4. The van der Waals surface area contributed by atoms with E-state index in [0.29, 0.717) is 12.8 Å². The lowest BCUT2D eigenvalue weighted by molar-refractivity contribution is -0.142. The SMILES string of the molecule is CC(CC(=O)N[C@@H]1CCC[C@@H]1C(=O)O)(NC(=O)OCC1c2ccccc2-c2ccccc21)C1CC1. The van der Waals surface area contributed by atoms with Crippen LogP contribution in [0.15, 0.2) is 48.5 Å². The van der Waals surface area contributed by atoms with Gasteiger partial charge in [-0.3, -0.25) is 9.59 Å². The Bertz CT molecular complexity index is 1100. The molecule has 3 aliphatic rings. The molecule has 2 amide bonds. The van der Waals surface area contributed by atoms with E-state index < -0.39 is 23.5 Å². The zero-order valence-corrected chi connectivity index (χ0v) is 20.0. The number of alkyl carbamates (subject to hydrolysis) is 1. The van der Waals surface area contributed by atoms with Gasteiger partial charge < -0.3 is 20.5 Å². The fourth-order valence-corrected chi connectivity index (χ4v) is 5.90. The molecule has 2 aromatic carbocycles. The summed E-state index contributed by atoms with van der Waals surface area (Å²) in [4.78, 5) is 37.2. The Balaban J connectivity index is 1.21. The van der Waals surface area contributed by atoms with Crippen molar-refractivity contribution in [3.63, 3.8) is 0 Å². The van der Waals surface area contributed by atoms with Gasteiger partial charge in [-0.1, -0.05) is 55.0 Å². The topological polar surface area (TPSA) is 105 Å². The largest absolute Gasteiger partial charge is 0.481 e. The van der Waals surface area contributed by atoms with Gasteiger partial charge in [-0.15, -0.1) is 0 Å². The number of rotatable bonds is 8. The van der Waals surface area contributed by atoms with Gasteiger partial charge in [-0.2, -0.15) is 0 Å². The molecular weight excluding hydrogens is 444 g/mol. The molecule has 35 heavy (non-hydrogen) atoms. The molecule has 0 bridgehead atoms. The molecule has 7 nitrogen and oxygen atoms in total. The molecule has 2 fully saturated rings. The van der Waals surface area contributed by atoms with Gasteiger partial charge in [0, 0.05) is 18.4 Å². The quantitative estimate of drug-likeness (QED) is 0.522. The van der Waals surface area contributed by atoms with E-state index in [4.69, 9.17) is 4.74 Å². The minimum Gasteiger partial charge on any atom is -0.481 e. The van der Waals surface area contributed by atoms with Crippen molar-refractivity contribution >= 4 is 18.0 Å². The summed E-state index contributed by atoms with van der Waals surface area (Å²) < 4.78 is 5.72. The van der Waals surface area contributed by atoms with Crippen LogP contribution in [0.5, 0.6) is 0 Å². The van der Waals surface area contributed by atoms with E-state index in [0.717, 1.165) is 30.4 Å². The standard InChI is InChI=1S/C28H32N2O5/c1-28(17-13-14-17,15-25(31)29-24-12-6-11-22(24)26(32)33)30-27(34)35-16-23-20-9-4-2-7-18(20)19-8-3-5-10-21(19)23/h2-5,7-10,17,22-24H,6,11-16H2,1H3,(H,29,31)(H,30,34)(H,32,33)/t22-,24+,28?/m0/s1. The van der Waals surface area contributed by atoms with Crippen LogP contribution >= 0.6 is 0 Å². The van der Waals surface area contributed by atoms with E-state index in [9.17, 15) is 19.5 Å². The van der Waals surface area contributed by atoms with Crippen molar-refractivity contribution < 1.29 is 24.2 Å². The molecule has 5 rings (SSSR count). The predicted octanol–water partition coefficient (Wildman–Crippen LogP) is 4.45. The van der Waals surface area contributed by atoms with Crippen LogP contribution in [-0.2, 0) is 14.3 Å². The lowest BCUT2D eigenvalue weighted by Crippen LogP contribution is -2.52. The molecule has 7 heteroatoms. The van der Waals surface area contributed by atoms with Gasteiger partial charge in [0.2, 0.25) is 5.91 Å². The molecule has 3 N–H and O–H groups in total. The molecule has 3 aliphatic carbocycles. The first kappa shape index (κ1) is 23.4. The number of amides is 2. The van der Waals surface area contributed by atoms with Crippen LogP contribution in [0.1, 0.15) is 62.5 Å². The van der Waals surface area contributed by atoms with Gasteiger partial charge in [-0.25, -0.2) is 4.79 Å². The Morgan fingerprint density at radius 1 is 0.971 bits per heavy atom. The molecule has 0 heterocycles. The normalized spacial score (nSPS) is 22.5. The molecule has 184 valence electrons. The molecule has 0 aliphatic heterocycles. The number of carboxylic acids is 1. The Morgan fingerprint density at radius 2 is 1.60 bits per heavy atom. The minimum absolute atomic E-state index is 0.0288. The third kappa shape index (κ3) is 4.77. The highest BCUT2D eigenvalue weighted by molar-refractivity contribution is 5.81. The third-order valence-electron chi connectivity index (χ3n) is 7.92. The van der Waals surface area contributed by atoms with E-state index in [2.05, 4.69) is 34.9 Å². The van der Waals surface area contributed by atoms with Crippen LogP contribution in [0, 0.1) is 11.8 Å². The number of hydrogen-bond donors (Lipinski definition) is 3. The van der Waals surface area contributed by atoms with Gasteiger partial charge in [0.15, 0.2) is 0 Å². The molecule has 0 radical (unpaired) electrons. The molecule has 3 atom stereocenters. The Morgan fingerprint density at radius 3 is 2.20 bits per heavy atom. The van der Waals surface area contributed by atoms with E-state index in [-0.39, 0.29) is 36.8 Å². The van der Waals surface area contributed by atoms with Crippen molar-refractivity contribution in [1.29, 1.82) is 0 Å². The number of aliphatic carboxylic acids is 1. The van der Waals surface area contributed by atoms with E-state index in [1.54, 1.807) is 0 Å². The van der Waals surface area contributed by atoms with Crippen LogP contribution < -0.4 is 10.6 Å². The number of ether oxygens (including phenoxy) is 1. The van der Waals surface area contributed by atoms with Gasteiger partial charge in [0.1, 0.15) is 6.61 Å². The average Bonchev–Trinajstić information content (AvgIpc) is 3.52. The van der Waals surface area contributed by atoms with Crippen LogP contribution in [0.4, 0.5) is 4.79 Å². The summed E-state index contributed by atoms with van der Waals surface area (Å²) in [7, 11) is 0. The summed E-state index contributed by atoms with van der Waals surface area (Å²) in [5.74, 6) is -1.46. The zero-order chi connectivity index (χ0) is 24.6. The van der Waals surface area contributed by atoms with Crippen molar-refractivity contribution in [2.75, 3.05) is 6.61 Å². The Labute approximate surface area is 205 Å². The summed E-state index contributed by atoms with van der Waals surface area (Å²) in [6, 6.07) is 16.0. The predicted molar refractivity (Wildman–Crippen MR) is 131 cm³/mol. The molecular formula is C28H32N2O5. The monoisotopic (exact) mass is 476 g/mol. The lowest BCUT2D eigenvalue weighted by Gasteiger charge is -2.31. The fraction of sp³-hybridized carbons (Fsp3) is 0.464. The third-order valence-corrected chi connectivity index (χ3v) is 7.92. The number of hydrogen-bond acceptors (Lipinski definition) is 4. The van der Waals surface area contributed by atoms with Crippen LogP contribution in [0.2, 0.25) is 0 Å². The summed E-state index contributed by atoms with van der Waals surface area (Å²) in [5.41, 5.74) is 3.90. The van der Waals surface area contributed by atoms with E-state index in [1.165, 1.54) is 11.1 Å². The number of carbonyl (C=O) groups excluding carboxylic acids is 2. The zero-order valence-electron chi connectivity index (χ0n) is 20.0. The van der Waals surface area contributed by atoms with Crippen molar-refractivity contribution in [3.8, 4) is 11.1 Å². The number of carboxylic acid groups (broad SMARTS) is 1. The first-order valence-corrected chi connectivity index (χ1v) is 12.5. The lowest BCUT2D eigenvalue weighted by atomic mass is 9.91. The molecule has 0 saturated heterocycles. The number of nitrogens with one attached hydrogen (secondary N) is 2. The van der Waals surface area contributed by atoms with Gasteiger partial charge >= 0.3 is 12.1 Å². The second-order valence-corrected chi connectivity index (χ2v) is 10.4. The smallest absolute Gasteiger partial charge is 0.407 e. The summed E-state index contributed by atoms with van der Waals surface area (Å²) in [6.07, 6.45) is 3.49. The van der Waals surface area contributed by atoms with Crippen molar-refractivity contribution in [2.45, 2.75) is 62.9 Å². The highest BCUT2D eigenvalue weighted by atomic mass is 16.5. The fourth-order valence-electron chi connectivity index (χ4n) is 5.90. The van der Waals surface area contributed by atoms with Gasteiger partial charge in [0.05, 0.1) is 11.5 Å². The molecule has 1 unspecified atom stereocenters. The summed E-state index contributed by atoms with van der Waals surface area (Å²) in [6.45, 7) is 2.10. The van der Waals surface area contributed by atoms with Crippen molar-refractivity contribution in [2.24, 2.45) is 11.8 Å². The van der Waals surface area contributed by atoms with Gasteiger partial charge in [0.25, 0.3) is 0 Å². The summed E-state index contributed by atoms with van der Waals surface area (Å²) in [5, 5.41) is 15.3. The number of fused-ring (bicyclic) bond motifs is 3. The molecule has 2 aromatic rings. The molecule has 2 saturated carbocycles. The maximum Gasteiger partial charge on any atom is 0.407 e. The van der Waals surface area contributed by atoms with E-state index in [1.807, 2.05) is 31.2 Å². The Hall–Kier alpha value is -3.35. The maximum atomic E-state index is 12.9. The van der Waals surface area contributed by atoms with Gasteiger partial charge in [-0.05, 0) is 60.8 Å². The highest BCUT2D eigenvalue weighted by Gasteiger charge is 2.45. The minimum atomic E-state index is -0.866. The second kappa shape index (κ2) is 9.36. The highest BCUT2D eigenvalue weighted by Crippen LogP contribution is 2.45. The molecule has 0 spiro atoms. The maximum absolute atomic E-state index is 12.9. The van der Waals surface area contributed by atoms with E-state index >= 15 is 0 Å². The number of carbonyl (C=O) groups is 3. The Kier molecular flexibility index (Phi) is 6.26. The molecule has 0 aromatic heterocycles. The van der Waals surface area contributed by atoms with Crippen LogP contribution in [-0.4, -0.2) is 41.3 Å². The first-order chi connectivity index (χ1) is 16.9. The average molecular weight is 477 g/mol. The number of benzene rings is 2. The van der Waals surface area contributed by atoms with Crippen LogP contribution in [0.3, 0.4) is 0 Å². The van der Waals surface area contributed by atoms with Crippen molar-refractivity contribution in [1.82, 2.24) is 10.6 Å². The summed E-state index contributed by atoms with van der Waals surface area (Å²) >= 11 is 0. The first-order valence-electron chi connectivity index (χ1n) is 12.5. The van der Waals surface area contributed by atoms with Crippen LogP contribution in [0.25, 0.3) is 11.1 Å². The van der Waals surface area contributed by atoms with Crippen molar-refractivity contribution in [3.05, 3.63) is 59.7 Å².